The first-order chi connectivity index (χ1) is 10.6. The van der Waals surface area contributed by atoms with Crippen LogP contribution in [0.5, 0.6) is 0 Å². The van der Waals surface area contributed by atoms with Crippen molar-refractivity contribution in [3.63, 3.8) is 0 Å². The summed E-state index contributed by atoms with van der Waals surface area (Å²) < 4.78 is 0. The van der Waals surface area contributed by atoms with Crippen LogP contribution in [0.3, 0.4) is 0 Å². The molecule has 0 unspecified atom stereocenters. The van der Waals surface area contributed by atoms with Crippen LogP contribution in [0.1, 0.15) is 34.5 Å². The molecule has 0 saturated carbocycles. The van der Waals surface area contributed by atoms with E-state index in [1.165, 1.54) is 21.9 Å². The highest BCUT2D eigenvalue weighted by molar-refractivity contribution is 5.98. The Morgan fingerprint density at radius 1 is 0.826 bits per heavy atom. The number of benzene rings is 3. The maximum atomic E-state index is 11.1. The smallest absolute Gasteiger partial charge is 0.251 e. The van der Waals surface area contributed by atoms with Gasteiger partial charge < -0.3 is 5.32 Å². The molecule has 23 heavy (non-hydrogen) atoms. The van der Waals surface area contributed by atoms with Crippen LogP contribution in [0.2, 0.25) is 0 Å². The van der Waals surface area contributed by atoms with Crippen molar-refractivity contribution < 1.29 is 4.79 Å². The summed E-state index contributed by atoms with van der Waals surface area (Å²) in [5.41, 5.74) is 4.48. The molecule has 118 valence electrons. The highest BCUT2D eigenvalue weighted by atomic mass is 16.1. The lowest BCUT2D eigenvalue weighted by Crippen LogP contribution is -2.12. The van der Waals surface area contributed by atoms with E-state index in [9.17, 15) is 4.79 Å². The van der Waals surface area contributed by atoms with Gasteiger partial charge in [0.15, 0.2) is 0 Å². The molecule has 3 aromatic rings. The van der Waals surface area contributed by atoms with Gasteiger partial charge in [0, 0.05) is 12.1 Å². The van der Waals surface area contributed by atoms with E-state index in [2.05, 4.69) is 54.7 Å². The first-order valence-corrected chi connectivity index (χ1v) is 7.46. The molecule has 0 atom stereocenters. The fraction of sp³-hybridized carbons (Fsp3) is 0.190. The van der Waals surface area contributed by atoms with Crippen LogP contribution in [-0.4, -0.2) is 5.91 Å². The number of amides is 1. The fourth-order valence-electron chi connectivity index (χ4n) is 2.67. The minimum Gasteiger partial charge on any atom is -0.348 e. The second-order valence-electron chi connectivity index (χ2n) is 5.69. The predicted molar refractivity (Wildman–Crippen MR) is 97.8 cm³/mol. The molecule has 0 spiro atoms. The maximum absolute atomic E-state index is 11.1. The third kappa shape index (κ3) is 3.78. The van der Waals surface area contributed by atoms with Crippen molar-refractivity contribution in [2.24, 2.45) is 0 Å². The third-order valence-electron chi connectivity index (χ3n) is 3.85. The molecule has 2 heteroatoms. The molecule has 0 aliphatic carbocycles. The van der Waals surface area contributed by atoms with Gasteiger partial charge in [-0.3, -0.25) is 4.79 Å². The van der Waals surface area contributed by atoms with Gasteiger partial charge in [-0.2, -0.15) is 0 Å². The Hall–Kier alpha value is -2.61. The van der Waals surface area contributed by atoms with E-state index in [1.54, 1.807) is 0 Å². The van der Waals surface area contributed by atoms with Crippen molar-refractivity contribution in [2.75, 3.05) is 0 Å². The Kier molecular flexibility index (Phi) is 5.17. The minimum atomic E-state index is 0. The van der Waals surface area contributed by atoms with E-state index in [4.69, 9.17) is 0 Å². The van der Waals surface area contributed by atoms with Gasteiger partial charge in [0.25, 0.3) is 5.91 Å². The molecule has 4 rings (SSSR count). The summed E-state index contributed by atoms with van der Waals surface area (Å²) in [6, 6.07) is 20.8. The molecular formula is C21H23NO. The van der Waals surface area contributed by atoms with Crippen LogP contribution in [0.15, 0.2) is 60.7 Å². The number of rotatable bonds is 0. The highest BCUT2D eigenvalue weighted by Crippen LogP contribution is 2.16. The molecule has 0 radical (unpaired) electrons. The lowest BCUT2D eigenvalue weighted by Gasteiger charge is -1.96. The normalized spacial score (nSPS) is 11.8. The molecule has 3 aromatic carbocycles. The fourth-order valence-corrected chi connectivity index (χ4v) is 2.67. The lowest BCUT2D eigenvalue weighted by molar-refractivity contribution is 0.0966. The largest absolute Gasteiger partial charge is 0.348 e. The molecule has 1 N–H and O–H groups in total. The quantitative estimate of drug-likeness (QED) is 0.620. The second-order valence-corrected chi connectivity index (χ2v) is 5.69. The van der Waals surface area contributed by atoms with Crippen LogP contribution >= 0.6 is 0 Å². The zero-order chi connectivity index (χ0) is 15.5. The number of hydrogen-bond acceptors (Lipinski definition) is 1. The van der Waals surface area contributed by atoms with Gasteiger partial charge in [-0.25, -0.2) is 0 Å². The van der Waals surface area contributed by atoms with Crippen LogP contribution in [0, 0.1) is 13.8 Å². The van der Waals surface area contributed by atoms with E-state index < -0.39 is 0 Å². The van der Waals surface area contributed by atoms with E-state index >= 15 is 0 Å². The molecule has 0 bridgehead atoms. The Bertz CT molecular complexity index is 836. The molecule has 0 aromatic heterocycles. The average molecular weight is 305 g/mol. The molecule has 2 nitrogen and oxygen atoms in total. The van der Waals surface area contributed by atoms with Crippen molar-refractivity contribution in [3.05, 3.63) is 82.9 Å². The Balaban J connectivity index is 0.000000160. The zero-order valence-electron chi connectivity index (χ0n) is 12.9. The number of aryl methyl sites for hydroxylation is 2. The van der Waals surface area contributed by atoms with E-state index in [1.807, 2.05) is 25.1 Å². The monoisotopic (exact) mass is 305 g/mol. The Morgan fingerprint density at radius 2 is 1.48 bits per heavy atom. The topological polar surface area (TPSA) is 29.1 Å². The van der Waals surface area contributed by atoms with E-state index in [-0.39, 0.29) is 13.3 Å². The first-order valence-electron chi connectivity index (χ1n) is 7.46. The molecular weight excluding hydrogens is 282 g/mol. The standard InChI is InChI=1S/C11H10.C9H9NO.CH4/c1-9-6-7-10-4-2-3-5-11(10)8-9;1-6-2-3-8-7(4-6)5-10-9(8)11;/h2-8H,1H3;2-4H,5H2,1H3,(H,10,11);1H4. The van der Waals surface area contributed by atoms with E-state index in [0.717, 1.165) is 11.1 Å². The molecule has 1 amide bonds. The number of hydrogen-bond donors (Lipinski definition) is 1. The SMILES string of the molecule is C.Cc1ccc2c(c1)CNC2=O.Cc1ccc2ccccc2c1. The molecule has 0 fully saturated rings. The summed E-state index contributed by atoms with van der Waals surface area (Å²) in [6.45, 7) is 4.84. The predicted octanol–water partition coefficient (Wildman–Crippen LogP) is 5.02. The number of fused-ring (bicyclic) bond motifs is 2. The van der Waals surface area contributed by atoms with Gasteiger partial charge in [-0.05, 0) is 36.2 Å². The van der Waals surface area contributed by atoms with Gasteiger partial charge in [-0.1, -0.05) is 73.2 Å². The van der Waals surface area contributed by atoms with Gasteiger partial charge in [0.2, 0.25) is 0 Å². The van der Waals surface area contributed by atoms with Gasteiger partial charge >= 0.3 is 0 Å². The van der Waals surface area contributed by atoms with Crippen LogP contribution in [0.4, 0.5) is 0 Å². The summed E-state index contributed by atoms with van der Waals surface area (Å²) in [5, 5.41) is 5.42. The Labute approximate surface area is 138 Å². The maximum Gasteiger partial charge on any atom is 0.251 e. The van der Waals surface area contributed by atoms with Gasteiger partial charge in [0.05, 0.1) is 0 Å². The molecule has 1 heterocycles. The third-order valence-corrected chi connectivity index (χ3v) is 3.85. The molecule has 0 saturated heterocycles. The van der Waals surface area contributed by atoms with Crippen molar-refractivity contribution in [3.8, 4) is 0 Å². The van der Waals surface area contributed by atoms with Crippen molar-refractivity contribution in [1.29, 1.82) is 0 Å². The van der Waals surface area contributed by atoms with E-state index in [0.29, 0.717) is 6.54 Å². The highest BCUT2D eigenvalue weighted by Gasteiger charge is 2.17. The second kappa shape index (κ2) is 7.10. The molecule has 1 aliphatic rings. The Morgan fingerprint density at radius 3 is 2.26 bits per heavy atom. The first kappa shape index (κ1) is 16.8. The summed E-state index contributed by atoms with van der Waals surface area (Å²) >= 11 is 0. The summed E-state index contributed by atoms with van der Waals surface area (Å²) in [5.74, 6) is 0.0556. The summed E-state index contributed by atoms with van der Waals surface area (Å²) in [7, 11) is 0. The number of nitrogens with one attached hydrogen (secondary N) is 1. The van der Waals surface area contributed by atoms with Crippen molar-refractivity contribution in [1.82, 2.24) is 5.32 Å². The average Bonchev–Trinajstić information content (AvgIpc) is 2.88. The van der Waals surface area contributed by atoms with Crippen LogP contribution < -0.4 is 5.32 Å². The van der Waals surface area contributed by atoms with Gasteiger partial charge in [0.1, 0.15) is 0 Å². The number of carbonyl (C=O) groups is 1. The van der Waals surface area contributed by atoms with Crippen molar-refractivity contribution in [2.45, 2.75) is 27.8 Å². The van der Waals surface area contributed by atoms with Crippen LogP contribution in [0.25, 0.3) is 10.8 Å². The minimum absolute atomic E-state index is 0. The lowest BCUT2D eigenvalue weighted by atomic mass is 10.1. The molecule has 1 aliphatic heterocycles. The van der Waals surface area contributed by atoms with Crippen molar-refractivity contribution >= 4 is 16.7 Å². The zero-order valence-corrected chi connectivity index (χ0v) is 12.9. The number of carbonyl (C=O) groups excluding carboxylic acids is 1. The van der Waals surface area contributed by atoms with Crippen LogP contribution in [-0.2, 0) is 6.54 Å². The summed E-state index contributed by atoms with van der Waals surface area (Å²) in [6.07, 6.45) is 0. The van der Waals surface area contributed by atoms with Gasteiger partial charge in [-0.15, -0.1) is 0 Å². The summed E-state index contributed by atoms with van der Waals surface area (Å²) in [4.78, 5) is 11.1.